The molecule has 16 heavy (non-hydrogen) atoms. The highest BCUT2D eigenvalue weighted by Crippen LogP contribution is 2.45. The number of amides is 1. The molecule has 2 N–H and O–H groups in total. The zero-order chi connectivity index (χ0) is 12.2. The quantitative estimate of drug-likeness (QED) is 0.692. The summed E-state index contributed by atoms with van der Waals surface area (Å²) in [6, 6.07) is 0. The third kappa shape index (κ3) is 4.15. The summed E-state index contributed by atoms with van der Waals surface area (Å²) in [5.74, 6) is 0.412. The lowest BCUT2D eigenvalue weighted by Crippen LogP contribution is -2.43. The number of hydrogen-bond acceptors (Lipinski definition) is 4. The molecule has 1 saturated carbocycles. The van der Waals surface area contributed by atoms with Crippen LogP contribution in [0.3, 0.4) is 0 Å². The minimum Gasteiger partial charge on any atom is -0.449 e. The van der Waals surface area contributed by atoms with Gasteiger partial charge in [0.15, 0.2) is 0 Å². The average Bonchev–Trinajstić information content (AvgIpc) is 2.95. The Hall–Kier alpha value is -0.530. The van der Waals surface area contributed by atoms with Gasteiger partial charge in [0.25, 0.3) is 0 Å². The predicted octanol–water partition coefficient (Wildman–Crippen LogP) is 0.586. The molecule has 1 rings (SSSR count). The first-order valence-electron chi connectivity index (χ1n) is 4.93. The molecule has 0 unspecified atom stereocenters. The van der Waals surface area contributed by atoms with E-state index in [0.29, 0.717) is 5.88 Å². The molecule has 0 atom stereocenters. The Bertz CT molecular complexity index is 353. The number of rotatable bonds is 6. The van der Waals surface area contributed by atoms with E-state index in [9.17, 15) is 13.2 Å². The van der Waals surface area contributed by atoms with Gasteiger partial charge < -0.3 is 4.74 Å². The highest BCUT2D eigenvalue weighted by Gasteiger charge is 2.42. The van der Waals surface area contributed by atoms with E-state index in [4.69, 9.17) is 11.6 Å². The maximum absolute atomic E-state index is 11.3. The second kappa shape index (κ2) is 5.20. The normalized spacial score (nSPS) is 17.9. The number of halogens is 1. The molecule has 0 aromatic heterocycles. The third-order valence-electron chi connectivity index (χ3n) is 2.37. The summed E-state index contributed by atoms with van der Waals surface area (Å²) in [5.41, 5.74) is -0.134. The molecule has 0 aromatic rings. The van der Waals surface area contributed by atoms with Crippen molar-refractivity contribution >= 4 is 27.9 Å². The second-order valence-corrected chi connectivity index (χ2v) is 5.55. The summed E-state index contributed by atoms with van der Waals surface area (Å²) in [5, 5.41) is 0. The maximum Gasteiger partial charge on any atom is 0.421 e. The van der Waals surface area contributed by atoms with Crippen LogP contribution in [0.15, 0.2) is 0 Å². The maximum atomic E-state index is 11.3. The number of alkyl halides is 1. The molecule has 1 aliphatic rings. The fourth-order valence-corrected chi connectivity index (χ4v) is 2.30. The lowest BCUT2D eigenvalue weighted by molar-refractivity contribution is 0.158. The number of hydrogen-bond donors (Lipinski definition) is 2. The van der Waals surface area contributed by atoms with Gasteiger partial charge in [-0.1, -0.05) is 0 Å². The predicted molar refractivity (Wildman–Crippen MR) is 59.5 cm³/mol. The minimum absolute atomic E-state index is 0.118. The Morgan fingerprint density at radius 1 is 1.50 bits per heavy atom. The van der Waals surface area contributed by atoms with E-state index in [1.807, 2.05) is 0 Å². The molecule has 8 heteroatoms. The molecule has 1 amide bonds. The van der Waals surface area contributed by atoms with Crippen molar-refractivity contribution in [3.05, 3.63) is 0 Å². The topological polar surface area (TPSA) is 84.5 Å². The molecule has 94 valence electrons. The number of carbonyl (C=O) groups is 1. The van der Waals surface area contributed by atoms with Crippen molar-refractivity contribution in [2.24, 2.45) is 5.41 Å². The van der Waals surface area contributed by atoms with Gasteiger partial charge in [0.2, 0.25) is 0 Å². The lowest BCUT2D eigenvalue weighted by atomic mass is 10.1. The molecule has 0 saturated heterocycles. The molecular weight excluding hydrogens is 256 g/mol. The lowest BCUT2D eigenvalue weighted by Gasteiger charge is -2.13. The van der Waals surface area contributed by atoms with E-state index in [2.05, 4.69) is 9.46 Å². The van der Waals surface area contributed by atoms with Crippen molar-refractivity contribution in [2.45, 2.75) is 19.8 Å². The fraction of sp³-hybridized carbons (Fsp3) is 0.875. The highest BCUT2D eigenvalue weighted by molar-refractivity contribution is 7.88. The summed E-state index contributed by atoms with van der Waals surface area (Å²) in [6.45, 7) is 1.95. The number of nitrogens with one attached hydrogen (secondary N) is 2. The molecule has 6 nitrogen and oxygen atoms in total. The average molecular weight is 271 g/mol. The van der Waals surface area contributed by atoms with E-state index in [1.54, 1.807) is 11.6 Å². The molecule has 0 bridgehead atoms. The molecule has 0 heterocycles. The zero-order valence-corrected chi connectivity index (χ0v) is 10.5. The Kier molecular flexibility index (Phi) is 4.40. The number of carbonyl (C=O) groups excluding carboxylic acids is 1. The summed E-state index contributed by atoms with van der Waals surface area (Å²) in [4.78, 5) is 10.9. The van der Waals surface area contributed by atoms with E-state index in [1.165, 1.54) is 0 Å². The van der Waals surface area contributed by atoms with Crippen LogP contribution in [0, 0.1) is 5.41 Å². The molecule has 0 spiro atoms. The SMILES string of the molecule is CCOC(=O)NS(=O)(=O)NCC1(CCl)CC1. The van der Waals surface area contributed by atoms with Crippen LogP contribution in [-0.4, -0.2) is 33.5 Å². The molecule has 0 aliphatic heterocycles. The van der Waals surface area contributed by atoms with Crippen LogP contribution in [0.4, 0.5) is 4.79 Å². The van der Waals surface area contributed by atoms with E-state index in [0.717, 1.165) is 12.8 Å². The second-order valence-electron chi connectivity index (χ2n) is 3.78. The minimum atomic E-state index is -3.84. The van der Waals surface area contributed by atoms with Crippen LogP contribution in [-0.2, 0) is 14.9 Å². The van der Waals surface area contributed by atoms with Crippen LogP contribution < -0.4 is 9.44 Å². The van der Waals surface area contributed by atoms with Gasteiger partial charge in [0, 0.05) is 12.4 Å². The highest BCUT2D eigenvalue weighted by atomic mass is 35.5. The molecular formula is C8H15ClN2O4S. The van der Waals surface area contributed by atoms with Crippen LogP contribution in [0.2, 0.25) is 0 Å². The third-order valence-corrected chi connectivity index (χ3v) is 3.90. The van der Waals surface area contributed by atoms with E-state index in [-0.39, 0.29) is 18.6 Å². The van der Waals surface area contributed by atoms with Crippen molar-refractivity contribution in [1.29, 1.82) is 0 Å². The van der Waals surface area contributed by atoms with Gasteiger partial charge in [-0.2, -0.15) is 13.1 Å². The molecule has 0 radical (unpaired) electrons. The van der Waals surface area contributed by atoms with Crippen molar-refractivity contribution in [1.82, 2.24) is 9.44 Å². The summed E-state index contributed by atoms with van der Waals surface area (Å²) < 4.78 is 31.2. The van der Waals surface area contributed by atoms with Crippen LogP contribution >= 0.6 is 11.6 Å². The first-order chi connectivity index (χ1) is 7.43. The first-order valence-corrected chi connectivity index (χ1v) is 6.95. The Morgan fingerprint density at radius 2 is 2.12 bits per heavy atom. The molecule has 1 fully saturated rings. The van der Waals surface area contributed by atoms with Gasteiger partial charge in [0.05, 0.1) is 6.61 Å². The summed E-state index contributed by atoms with van der Waals surface area (Å²) in [7, 11) is -3.84. The van der Waals surface area contributed by atoms with Crippen LogP contribution in [0.1, 0.15) is 19.8 Å². The molecule has 0 aromatic carbocycles. The van der Waals surface area contributed by atoms with E-state index >= 15 is 0 Å². The van der Waals surface area contributed by atoms with Gasteiger partial charge in [-0.3, -0.25) is 0 Å². The van der Waals surface area contributed by atoms with Gasteiger partial charge in [-0.25, -0.2) is 9.52 Å². The van der Waals surface area contributed by atoms with Crippen LogP contribution in [0.5, 0.6) is 0 Å². The van der Waals surface area contributed by atoms with Gasteiger partial charge in [-0.15, -0.1) is 11.6 Å². The largest absolute Gasteiger partial charge is 0.449 e. The summed E-state index contributed by atoms with van der Waals surface area (Å²) >= 11 is 5.69. The van der Waals surface area contributed by atoms with Gasteiger partial charge in [0.1, 0.15) is 0 Å². The first kappa shape index (κ1) is 13.5. The summed E-state index contributed by atoms with van der Waals surface area (Å²) in [6.07, 6.45) is 0.822. The Morgan fingerprint density at radius 3 is 2.56 bits per heavy atom. The van der Waals surface area contributed by atoms with Crippen molar-refractivity contribution < 1.29 is 17.9 Å². The smallest absolute Gasteiger partial charge is 0.421 e. The van der Waals surface area contributed by atoms with Crippen molar-refractivity contribution in [2.75, 3.05) is 19.0 Å². The van der Waals surface area contributed by atoms with Gasteiger partial charge in [-0.05, 0) is 25.2 Å². The number of ether oxygens (including phenoxy) is 1. The zero-order valence-electron chi connectivity index (χ0n) is 8.95. The Balaban J connectivity index is 2.37. The fourth-order valence-electron chi connectivity index (χ4n) is 1.09. The van der Waals surface area contributed by atoms with Gasteiger partial charge >= 0.3 is 16.3 Å². The standard InChI is InChI=1S/C8H15ClN2O4S/c1-2-15-7(12)11-16(13,14)10-6-8(5-9)3-4-8/h10H,2-6H2,1H3,(H,11,12). The van der Waals surface area contributed by atoms with Crippen molar-refractivity contribution in [3.8, 4) is 0 Å². The van der Waals surface area contributed by atoms with Crippen molar-refractivity contribution in [3.63, 3.8) is 0 Å². The van der Waals surface area contributed by atoms with Crippen LogP contribution in [0.25, 0.3) is 0 Å². The van der Waals surface area contributed by atoms with E-state index < -0.39 is 16.3 Å². The Labute approximate surface area is 99.9 Å². The monoisotopic (exact) mass is 270 g/mol. The molecule has 1 aliphatic carbocycles.